The standard InChI is InChI=1S/C18H16N4/c1-21-12-11-19-17(21)18-20-15-9-5-6-10-16(15)22(18)13-14-7-3-2-4-8-14/h2-12H,13H2,1H3. The lowest BCUT2D eigenvalue weighted by Crippen LogP contribution is -2.05. The van der Waals surface area contributed by atoms with Crippen LogP contribution in [0.15, 0.2) is 67.0 Å². The van der Waals surface area contributed by atoms with Crippen LogP contribution in [0.1, 0.15) is 5.56 Å². The summed E-state index contributed by atoms with van der Waals surface area (Å²) in [5, 5.41) is 0. The van der Waals surface area contributed by atoms with Crippen LogP contribution in [-0.4, -0.2) is 19.1 Å². The van der Waals surface area contributed by atoms with Crippen molar-refractivity contribution in [1.29, 1.82) is 0 Å². The highest BCUT2D eigenvalue weighted by molar-refractivity contribution is 5.79. The number of fused-ring (bicyclic) bond motifs is 1. The van der Waals surface area contributed by atoms with Gasteiger partial charge in [0.25, 0.3) is 0 Å². The van der Waals surface area contributed by atoms with E-state index in [-0.39, 0.29) is 0 Å². The molecule has 0 atom stereocenters. The zero-order valence-electron chi connectivity index (χ0n) is 12.3. The Labute approximate surface area is 128 Å². The lowest BCUT2D eigenvalue weighted by atomic mass is 10.2. The average molecular weight is 288 g/mol. The van der Waals surface area contributed by atoms with Crippen molar-refractivity contribution >= 4 is 11.0 Å². The van der Waals surface area contributed by atoms with Crippen LogP contribution < -0.4 is 0 Å². The Morgan fingerprint density at radius 2 is 1.68 bits per heavy atom. The number of nitrogens with zero attached hydrogens (tertiary/aromatic N) is 4. The molecule has 0 amide bonds. The van der Waals surface area contributed by atoms with Crippen molar-refractivity contribution in [1.82, 2.24) is 19.1 Å². The van der Waals surface area contributed by atoms with Gasteiger partial charge >= 0.3 is 0 Å². The van der Waals surface area contributed by atoms with Crippen LogP contribution in [0, 0.1) is 0 Å². The van der Waals surface area contributed by atoms with E-state index in [1.54, 1.807) is 0 Å². The van der Waals surface area contributed by atoms with Gasteiger partial charge in [-0.25, -0.2) is 9.97 Å². The Morgan fingerprint density at radius 3 is 2.45 bits per heavy atom. The summed E-state index contributed by atoms with van der Waals surface area (Å²) in [7, 11) is 1.99. The van der Waals surface area contributed by atoms with E-state index in [0.29, 0.717) is 0 Å². The van der Waals surface area contributed by atoms with Crippen molar-refractivity contribution in [3.05, 3.63) is 72.6 Å². The van der Waals surface area contributed by atoms with Crippen molar-refractivity contribution in [2.75, 3.05) is 0 Å². The second-order valence-electron chi connectivity index (χ2n) is 5.36. The lowest BCUT2D eigenvalue weighted by molar-refractivity contribution is 0.808. The average Bonchev–Trinajstić information content (AvgIpc) is 3.12. The lowest BCUT2D eigenvalue weighted by Gasteiger charge is -2.09. The molecule has 0 radical (unpaired) electrons. The second-order valence-corrected chi connectivity index (χ2v) is 5.36. The van der Waals surface area contributed by atoms with Gasteiger partial charge in [-0.1, -0.05) is 42.5 Å². The highest BCUT2D eigenvalue weighted by Crippen LogP contribution is 2.24. The van der Waals surface area contributed by atoms with Gasteiger partial charge in [-0.15, -0.1) is 0 Å². The molecule has 4 aromatic rings. The predicted octanol–water partition coefficient (Wildman–Crippen LogP) is 3.49. The zero-order chi connectivity index (χ0) is 14.9. The normalized spacial score (nSPS) is 11.1. The molecule has 0 spiro atoms. The van der Waals surface area contributed by atoms with Crippen LogP contribution in [0.3, 0.4) is 0 Å². The Kier molecular flexibility index (Phi) is 3.00. The maximum Gasteiger partial charge on any atom is 0.177 e. The van der Waals surface area contributed by atoms with E-state index in [2.05, 4.69) is 39.9 Å². The molecule has 0 unspecified atom stereocenters. The number of imidazole rings is 2. The number of para-hydroxylation sites is 2. The molecular formula is C18H16N4. The van der Waals surface area contributed by atoms with Crippen LogP contribution >= 0.6 is 0 Å². The van der Waals surface area contributed by atoms with Gasteiger partial charge in [0.2, 0.25) is 0 Å². The summed E-state index contributed by atoms with van der Waals surface area (Å²) in [6.45, 7) is 0.781. The molecule has 0 aliphatic heterocycles. The first-order chi connectivity index (χ1) is 10.8. The van der Waals surface area contributed by atoms with Gasteiger partial charge < -0.3 is 9.13 Å². The molecule has 0 N–H and O–H groups in total. The number of hydrogen-bond acceptors (Lipinski definition) is 2. The van der Waals surface area contributed by atoms with Crippen LogP contribution in [0.5, 0.6) is 0 Å². The van der Waals surface area contributed by atoms with Gasteiger partial charge in [-0.2, -0.15) is 0 Å². The highest BCUT2D eigenvalue weighted by Gasteiger charge is 2.15. The quantitative estimate of drug-likeness (QED) is 0.578. The van der Waals surface area contributed by atoms with E-state index in [1.165, 1.54) is 5.56 Å². The van der Waals surface area contributed by atoms with E-state index in [1.807, 2.05) is 48.3 Å². The van der Waals surface area contributed by atoms with Gasteiger partial charge in [0.05, 0.1) is 11.0 Å². The zero-order valence-corrected chi connectivity index (χ0v) is 12.3. The molecule has 2 heterocycles. The van der Waals surface area contributed by atoms with Gasteiger partial charge in [-0.3, -0.25) is 0 Å². The van der Waals surface area contributed by atoms with Gasteiger partial charge in [0.15, 0.2) is 11.6 Å². The Bertz CT molecular complexity index is 919. The minimum atomic E-state index is 0.781. The maximum absolute atomic E-state index is 4.79. The summed E-state index contributed by atoms with van der Waals surface area (Å²) in [5.41, 5.74) is 3.38. The molecule has 0 saturated carbocycles. The molecule has 108 valence electrons. The highest BCUT2D eigenvalue weighted by atomic mass is 15.2. The van der Waals surface area contributed by atoms with E-state index in [9.17, 15) is 0 Å². The monoisotopic (exact) mass is 288 g/mol. The molecule has 0 aliphatic carbocycles. The van der Waals surface area contributed by atoms with Crippen molar-refractivity contribution in [3.63, 3.8) is 0 Å². The fourth-order valence-corrected chi connectivity index (χ4v) is 2.75. The molecule has 0 aliphatic rings. The first-order valence-electron chi connectivity index (χ1n) is 7.30. The number of rotatable bonds is 3. The third-order valence-electron chi connectivity index (χ3n) is 3.86. The molecule has 0 fully saturated rings. The summed E-state index contributed by atoms with van der Waals surface area (Å²) in [4.78, 5) is 9.25. The van der Waals surface area contributed by atoms with Gasteiger partial charge in [-0.05, 0) is 17.7 Å². The largest absolute Gasteiger partial charge is 0.331 e. The van der Waals surface area contributed by atoms with Crippen LogP contribution in [0.4, 0.5) is 0 Å². The van der Waals surface area contributed by atoms with Crippen LogP contribution in [-0.2, 0) is 13.6 Å². The van der Waals surface area contributed by atoms with Crippen LogP contribution in [0.25, 0.3) is 22.7 Å². The van der Waals surface area contributed by atoms with E-state index in [4.69, 9.17) is 4.98 Å². The van der Waals surface area contributed by atoms with Crippen molar-refractivity contribution in [3.8, 4) is 11.6 Å². The second kappa shape index (κ2) is 5.15. The number of aryl methyl sites for hydroxylation is 1. The summed E-state index contributed by atoms with van der Waals surface area (Å²) in [5.74, 6) is 1.78. The molecule has 4 heteroatoms. The summed E-state index contributed by atoms with van der Waals surface area (Å²) >= 11 is 0. The molecule has 0 bridgehead atoms. The van der Waals surface area contributed by atoms with Gasteiger partial charge in [0.1, 0.15) is 0 Å². The molecule has 4 rings (SSSR count). The topological polar surface area (TPSA) is 35.6 Å². The first kappa shape index (κ1) is 12.8. The smallest absolute Gasteiger partial charge is 0.177 e. The Morgan fingerprint density at radius 1 is 0.909 bits per heavy atom. The number of benzene rings is 2. The summed E-state index contributed by atoms with van der Waals surface area (Å²) < 4.78 is 4.23. The molecule has 22 heavy (non-hydrogen) atoms. The maximum atomic E-state index is 4.79. The molecule has 0 saturated heterocycles. The Hall–Kier alpha value is -2.88. The Balaban J connectivity index is 1.93. The van der Waals surface area contributed by atoms with Crippen molar-refractivity contribution in [2.45, 2.75) is 6.54 Å². The molecule has 4 nitrogen and oxygen atoms in total. The van der Waals surface area contributed by atoms with E-state index < -0.39 is 0 Å². The van der Waals surface area contributed by atoms with Crippen molar-refractivity contribution < 1.29 is 0 Å². The minimum absolute atomic E-state index is 0.781. The third kappa shape index (κ3) is 2.09. The van der Waals surface area contributed by atoms with Gasteiger partial charge in [0, 0.05) is 26.0 Å². The fraction of sp³-hybridized carbons (Fsp3) is 0.111. The third-order valence-corrected chi connectivity index (χ3v) is 3.86. The fourth-order valence-electron chi connectivity index (χ4n) is 2.75. The molecule has 2 aromatic carbocycles. The minimum Gasteiger partial charge on any atom is -0.331 e. The van der Waals surface area contributed by atoms with Crippen molar-refractivity contribution in [2.24, 2.45) is 7.05 Å². The molecule has 2 aromatic heterocycles. The van der Waals surface area contributed by atoms with Crippen LogP contribution in [0.2, 0.25) is 0 Å². The summed E-state index contributed by atoms with van der Waals surface area (Å²) in [6.07, 6.45) is 3.75. The number of aromatic nitrogens is 4. The molecular weight excluding hydrogens is 272 g/mol. The van der Waals surface area contributed by atoms with E-state index in [0.717, 1.165) is 29.2 Å². The predicted molar refractivity (Wildman–Crippen MR) is 87.5 cm³/mol. The number of hydrogen-bond donors (Lipinski definition) is 0. The SMILES string of the molecule is Cn1ccnc1-c1nc2ccccc2n1Cc1ccccc1. The first-order valence-corrected chi connectivity index (χ1v) is 7.30. The summed E-state index contributed by atoms with van der Waals surface area (Å²) in [6, 6.07) is 18.7. The van der Waals surface area contributed by atoms with E-state index >= 15 is 0 Å².